The van der Waals surface area contributed by atoms with Crippen molar-refractivity contribution in [3.05, 3.63) is 34.3 Å². The minimum absolute atomic E-state index is 0.559. The van der Waals surface area contributed by atoms with Gasteiger partial charge in [-0.1, -0.05) is 48.0 Å². The van der Waals surface area contributed by atoms with E-state index in [1.807, 2.05) is 0 Å². The van der Waals surface area contributed by atoms with Gasteiger partial charge in [-0.2, -0.15) is 0 Å². The lowest BCUT2D eigenvalue weighted by atomic mass is 10.1. The maximum absolute atomic E-state index is 4.91. The second kappa shape index (κ2) is 11.7. The lowest BCUT2D eigenvalue weighted by Gasteiger charge is -2.35. The molecule has 0 aliphatic carbocycles. The highest BCUT2D eigenvalue weighted by atomic mass is 79.9. The van der Waals surface area contributed by atoms with E-state index in [1.54, 1.807) is 0 Å². The Morgan fingerprint density at radius 1 is 1.19 bits per heavy atom. The molecule has 2 rings (SSSR count). The van der Waals surface area contributed by atoms with Crippen molar-refractivity contribution in [2.75, 3.05) is 59.4 Å². The highest BCUT2D eigenvalue weighted by Gasteiger charge is 2.17. The molecule has 1 heterocycles. The molecule has 0 saturated carbocycles. The van der Waals surface area contributed by atoms with Crippen LogP contribution in [0.5, 0.6) is 0 Å². The zero-order valence-electron chi connectivity index (χ0n) is 17.4. The van der Waals surface area contributed by atoms with Crippen LogP contribution >= 0.6 is 15.9 Å². The summed E-state index contributed by atoms with van der Waals surface area (Å²) < 4.78 is 1.15. The number of nitrogens with zero attached hydrogens (tertiary/aromatic N) is 4. The Balaban J connectivity index is 1.87. The monoisotopic (exact) mass is 437 g/mol. The Hall–Kier alpha value is -1.11. The molecule has 1 atom stereocenters. The fourth-order valence-corrected chi connectivity index (χ4v) is 3.87. The molecule has 1 aromatic rings. The first-order chi connectivity index (χ1) is 13.0. The Morgan fingerprint density at radius 3 is 2.48 bits per heavy atom. The quantitative estimate of drug-likeness (QED) is 0.500. The van der Waals surface area contributed by atoms with Gasteiger partial charge in [0.1, 0.15) is 0 Å². The lowest BCUT2D eigenvalue weighted by Crippen LogP contribution is -2.47. The Labute approximate surface area is 173 Å². The van der Waals surface area contributed by atoms with Gasteiger partial charge in [0.15, 0.2) is 5.96 Å². The van der Waals surface area contributed by atoms with E-state index in [9.17, 15) is 0 Å². The average molecular weight is 438 g/mol. The number of halogens is 1. The number of piperazine rings is 1. The summed E-state index contributed by atoms with van der Waals surface area (Å²) in [5, 5.41) is 3.43. The topological polar surface area (TPSA) is 34.1 Å². The molecule has 1 unspecified atom stereocenters. The van der Waals surface area contributed by atoms with E-state index in [0.29, 0.717) is 5.92 Å². The molecule has 5 nitrogen and oxygen atoms in total. The summed E-state index contributed by atoms with van der Waals surface area (Å²) >= 11 is 3.64. The van der Waals surface area contributed by atoms with Gasteiger partial charge < -0.3 is 20.0 Å². The molecule has 1 saturated heterocycles. The van der Waals surface area contributed by atoms with Gasteiger partial charge in [-0.15, -0.1) is 0 Å². The Kier molecular flexibility index (Phi) is 9.59. The van der Waals surface area contributed by atoms with E-state index in [4.69, 9.17) is 4.99 Å². The second-order valence-electron chi connectivity index (χ2n) is 7.48. The van der Waals surface area contributed by atoms with Gasteiger partial charge in [0.05, 0.1) is 0 Å². The molecule has 1 aromatic carbocycles. The number of hydrogen-bond acceptors (Lipinski definition) is 3. The highest BCUT2D eigenvalue weighted by Crippen LogP contribution is 2.17. The van der Waals surface area contributed by atoms with Crippen LogP contribution in [0.4, 0.5) is 0 Å². The van der Waals surface area contributed by atoms with Gasteiger partial charge in [-0.05, 0) is 31.0 Å². The van der Waals surface area contributed by atoms with Crippen LogP contribution in [0.25, 0.3) is 0 Å². The molecule has 1 fully saturated rings. The number of hydrogen-bond donors (Lipinski definition) is 1. The number of nitrogens with one attached hydrogen (secondary N) is 1. The fraction of sp³-hybridized carbons (Fsp3) is 0.667. The SMILES string of the molecule is CCNC(=NCC(C)CN1CCN(CC)CC1)N(C)Cc1ccccc1Br. The van der Waals surface area contributed by atoms with Crippen LogP contribution in [0.15, 0.2) is 33.7 Å². The Bertz CT molecular complexity index is 584. The van der Waals surface area contributed by atoms with Gasteiger partial charge in [-0.25, -0.2) is 0 Å². The summed E-state index contributed by atoms with van der Waals surface area (Å²) in [4.78, 5) is 12.2. The molecule has 0 amide bonds. The zero-order valence-corrected chi connectivity index (χ0v) is 19.0. The van der Waals surface area contributed by atoms with Crippen molar-refractivity contribution in [3.63, 3.8) is 0 Å². The van der Waals surface area contributed by atoms with E-state index < -0.39 is 0 Å². The van der Waals surface area contributed by atoms with Gasteiger partial charge >= 0.3 is 0 Å². The number of guanidine groups is 1. The summed E-state index contributed by atoms with van der Waals surface area (Å²) in [6.07, 6.45) is 0. The first-order valence-electron chi connectivity index (χ1n) is 10.2. The van der Waals surface area contributed by atoms with Crippen LogP contribution in [0.1, 0.15) is 26.3 Å². The lowest BCUT2D eigenvalue weighted by molar-refractivity contribution is 0.125. The molecule has 1 N–H and O–H groups in total. The molecule has 6 heteroatoms. The predicted molar refractivity (Wildman–Crippen MR) is 119 cm³/mol. The number of rotatable bonds is 8. The van der Waals surface area contributed by atoms with E-state index in [1.165, 1.54) is 38.3 Å². The third-order valence-electron chi connectivity index (χ3n) is 5.10. The molecule has 1 aliphatic rings. The normalized spacial score (nSPS) is 17.7. The largest absolute Gasteiger partial charge is 0.357 e. The van der Waals surface area contributed by atoms with Crippen molar-refractivity contribution in [1.29, 1.82) is 0 Å². The fourth-order valence-electron chi connectivity index (χ4n) is 3.46. The summed E-state index contributed by atoms with van der Waals surface area (Å²) in [7, 11) is 2.11. The molecule has 0 aromatic heterocycles. The summed E-state index contributed by atoms with van der Waals surface area (Å²) in [6.45, 7) is 16.3. The van der Waals surface area contributed by atoms with Crippen LogP contribution < -0.4 is 5.32 Å². The highest BCUT2D eigenvalue weighted by molar-refractivity contribution is 9.10. The van der Waals surface area contributed by atoms with Crippen LogP contribution in [-0.2, 0) is 6.54 Å². The summed E-state index contributed by atoms with van der Waals surface area (Å²) in [5.74, 6) is 1.54. The first-order valence-corrected chi connectivity index (χ1v) is 11.0. The maximum Gasteiger partial charge on any atom is 0.193 e. The van der Waals surface area contributed by atoms with Crippen molar-refractivity contribution >= 4 is 21.9 Å². The summed E-state index contributed by atoms with van der Waals surface area (Å²) in [6, 6.07) is 8.38. The van der Waals surface area contributed by atoms with Crippen molar-refractivity contribution < 1.29 is 0 Å². The van der Waals surface area contributed by atoms with Gasteiger partial charge in [0.25, 0.3) is 0 Å². The van der Waals surface area contributed by atoms with Gasteiger partial charge in [-0.3, -0.25) is 4.99 Å². The van der Waals surface area contributed by atoms with Crippen LogP contribution in [0, 0.1) is 5.92 Å². The van der Waals surface area contributed by atoms with Crippen molar-refractivity contribution in [3.8, 4) is 0 Å². The van der Waals surface area contributed by atoms with Crippen molar-refractivity contribution in [1.82, 2.24) is 20.0 Å². The molecule has 27 heavy (non-hydrogen) atoms. The zero-order chi connectivity index (χ0) is 19.6. The minimum Gasteiger partial charge on any atom is -0.357 e. The third-order valence-corrected chi connectivity index (χ3v) is 5.87. The molecular formula is C21H36BrN5. The van der Waals surface area contributed by atoms with E-state index in [-0.39, 0.29) is 0 Å². The molecule has 0 bridgehead atoms. The van der Waals surface area contributed by atoms with Gasteiger partial charge in [0.2, 0.25) is 0 Å². The van der Waals surface area contributed by atoms with E-state index in [2.05, 4.69) is 88.0 Å². The maximum atomic E-state index is 4.91. The summed E-state index contributed by atoms with van der Waals surface area (Å²) in [5.41, 5.74) is 1.27. The molecule has 0 radical (unpaired) electrons. The number of aliphatic imine (C=N–C) groups is 1. The van der Waals surface area contributed by atoms with Crippen LogP contribution in [-0.4, -0.2) is 80.1 Å². The van der Waals surface area contributed by atoms with Crippen LogP contribution in [0.3, 0.4) is 0 Å². The van der Waals surface area contributed by atoms with Crippen molar-refractivity contribution in [2.45, 2.75) is 27.3 Å². The average Bonchev–Trinajstić information content (AvgIpc) is 2.67. The first kappa shape index (κ1) is 22.2. The molecular weight excluding hydrogens is 402 g/mol. The molecule has 0 spiro atoms. The third kappa shape index (κ3) is 7.43. The van der Waals surface area contributed by atoms with Gasteiger partial charge in [0, 0.05) is 63.9 Å². The smallest absolute Gasteiger partial charge is 0.193 e. The predicted octanol–water partition coefficient (Wildman–Crippen LogP) is 3.12. The molecule has 152 valence electrons. The standard InChI is InChI=1S/C21H36BrN5/c1-5-23-21(25(4)17-19-9-7-8-10-20(19)22)24-15-18(3)16-27-13-11-26(6-2)12-14-27/h7-10,18H,5-6,11-17H2,1-4H3,(H,23,24). The van der Waals surface area contributed by atoms with E-state index >= 15 is 0 Å². The number of likely N-dealkylation sites (N-methyl/N-ethyl adjacent to an activating group) is 1. The van der Waals surface area contributed by atoms with Crippen LogP contribution in [0.2, 0.25) is 0 Å². The molecule has 1 aliphatic heterocycles. The number of benzene rings is 1. The Morgan fingerprint density at radius 2 is 1.85 bits per heavy atom. The van der Waals surface area contributed by atoms with E-state index in [0.717, 1.165) is 36.6 Å². The minimum atomic E-state index is 0.559. The van der Waals surface area contributed by atoms with Crippen molar-refractivity contribution in [2.24, 2.45) is 10.9 Å². The second-order valence-corrected chi connectivity index (χ2v) is 8.34.